The van der Waals surface area contributed by atoms with Gasteiger partial charge in [-0.25, -0.2) is 0 Å². The zero-order chi connectivity index (χ0) is 15.6. The summed E-state index contributed by atoms with van der Waals surface area (Å²) < 4.78 is 39.3. The SMILES string of the molecule is CC1CC(C)CC(NC(C)c2ccccc2C(F)(F)F)C1. The Kier molecular flexibility index (Phi) is 4.97. The van der Waals surface area contributed by atoms with Crippen LogP contribution in [0.15, 0.2) is 24.3 Å². The van der Waals surface area contributed by atoms with E-state index in [1.165, 1.54) is 18.6 Å². The average molecular weight is 299 g/mol. The Balaban J connectivity index is 2.12. The number of nitrogens with one attached hydrogen (secondary N) is 1. The van der Waals surface area contributed by atoms with Crippen LogP contribution in [0, 0.1) is 11.8 Å². The molecule has 118 valence electrons. The lowest BCUT2D eigenvalue weighted by molar-refractivity contribution is -0.138. The van der Waals surface area contributed by atoms with Crippen LogP contribution in [0.4, 0.5) is 13.2 Å². The molecule has 1 aliphatic carbocycles. The van der Waals surface area contributed by atoms with Gasteiger partial charge in [0.05, 0.1) is 5.56 Å². The summed E-state index contributed by atoms with van der Waals surface area (Å²) in [5.74, 6) is 1.27. The van der Waals surface area contributed by atoms with E-state index in [-0.39, 0.29) is 6.04 Å². The molecule has 2 rings (SSSR count). The largest absolute Gasteiger partial charge is 0.416 e. The molecule has 21 heavy (non-hydrogen) atoms. The highest BCUT2D eigenvalue weighted by molar-refractivity contribution is 5.32. The van der Waals surface area contributed by atoms with Crippen molar-refractivity contribution in [2.75, 3.05) is 0 Å². The molecule has 0 saturated heterocycles. The maximum atomic E-state index is 13.1. The molecule has 0 spiro atoms. The van der Waals surface area contributed by atoms with Crippen molar-refractivity contribution in [3.63, 3.8) is 0 Å². The molecule has 1 aromatic carbocycles. The first kappa shape index (κ1) is 16.3. The van der Waals surface area contributed by atoms with Gasteiger partial charge in [0.2, 0.25) is 0 Å². The minimum Gasteiger partial charge on any atom is -0.307 e. The van der Waals surface area contributed by atoms with Crippen molar-refractivity contribution in [3.8, 4) is 0 Å². The zero-order valence-electron chi connectivity index (χ0n) is 12.9. The van der Waals surface area contributed by atoms with Gasteiger partial charge in [-0.15, -0.1) is 0 Å². The van der Waals surface area contributed by atoms with Gasteiger partial charge in [-0.1, -0.05) is 32.0 Å². The number of benzene rings is 1. The summed E-state index contributed by atoms with van der Waals surface area (Å²) in [5, 5.41) is 3.41. The van der Waals surface area contributed by atoms with Gasteiger partial charge in [-0.3, -0.25) is 0 Å². The third-order valence-corrected chi connectivity index (χ3v) is 4.40. The second kappa shape index (κ2) is 6.39. The van der Waals surface area contributed by atoms with E-state index in [0.717, 1.165) is 12.8 Å². The third-order valence-electron chi connectivity index (χ3n) is 4.40. The molecule has 1 fully saturated rings. The molecule has 0 amide bonds. The van der Waals surface area contributed by atoms with Crippen LogP contribution in [0.2, 0.25) is 0 Å². The first-order chi connectivity index (χ1) is 9.77. The number of rotatable bonds is 3. The maximum Gasteiger partial charge on any atom is 0.416 e. The first-order valence-corrected chi connectivity index (χ1v) is 7.69. The molecule has 1 N–H and O–H groups in total. The Morgan fingerprint density at radius 1 is 1.05 bits per heavy atom. The standard InChI is InChI=1S/C17H24F3N/c1-11-8-12(2)10-14(9-11)21-13(3)15-6-4-5-7-16(15)17(18,19)20/h4-7,11-14,21H,8-10H2,1-3H3. The molecule has 0 heterocycles. The summed E-state index contributed by atoms with van der Waals surface area (Å²) in [6.45, 7) is 6.27. The Bertz CT molecular complexity index is 459. The topological polar surface area (TPSA) is 12.0 Å². The van der Waals surface area contributed by atoms with Gasteiger partial charge < -0.3 is 5.32 Å². The summed E-state index contributed by atoms with van der Waals surface area (Å²) in [6, 6.07) is 5.89. The predicted molar refractivity (Wildman–Crippen MR) is 79.0 cm³/mol. The van der Waals surface area contributed by atoms with Crippen LogP contribution in [0.5, 0.6) is 0 Å². The van der Waals surface area contributed by atoms with Gasteiger partial charge in [-0.2, -0.15) is 13.2 Å². The van der Waals surface area contributed by atoms with Crippen molar-refractivity contribution >= 4 is 0 Å². The minimum absolute atomic E-state index is 0.287. The molecule has 0 bridgehead atoms. The van der Waals surface area contributed by atoms with E-state index in [4.69, 9.17) is 0 Å². The summed E-state index contributed by atoms with van der Waals surface area (Å²) >= 11 is 0. The van der Waals surface area contributed by atoms with Crippen LogP contribution in [0.25, 0.3) is 0 Å². The van der Waals surface area contributed by atoms with Crippen LogP contribution in [0.3, 0.4) is 0 Å². The molecular formula is C17H24F3N. The quantitative estimate of drug-likeness (QED) is 0.811. The fourth-order valence-electron chi connectivity index (χ4n) is 3.66. The molecule has 0 aliphatic heterocycles. The van der Waals surface area contributed by atoms with E-state index < -0.39 is 11.7 Å². The Labute approximate surface area is 124 Å². The van der Waals surface area contributed by atoms with Gasteiger partial charge in [0.25, 0.3) is 0 Å². The summed E-state index contributed by atoms with van der Waals surface area (Å²) in [5.41, 5.74) is -0.183. The predicted octanol–water partition coefficient (Wildman–Crippen LogP) is 5.18. The monoisotopic (exact) mass is 299 g/mol. The Morgan fingerprint density at radius 3 is 2.19 bits per heavy atom. The molecule has 0 aromatic heterocycles. The van der Waals surface area contributed by atoms with Crippen LogP contribution < -0.4 is 5.32 Å². The Morgan fingerprint density at radius 2 is 1.62 bits per heavy atom. The third kappa shape index (κ3) is 4.22. The highest BCUT2D eigenvalue weighted by atomic mass is 19.4. The normalized spacial score (nSPS) is 28.4. The van der Waals surface area contributed by atoms with E-state index in [1.807, 2.05) is 6.92 Å². The van der Waals surface area contributed by atoms with Crippen molar-refractivity contribution in [1.82, 2.24) is 5.32 Å². The van der Waals surface area contributed by atoms with E-state index in [9.17, 15) is 13.2 Å². The van der Waals surface area contributed by atoms with Crippen LogP contribution in [0.1, 0.15) is 57.2 Å². The summed E-state index contributed by atoms with van der Waals surface area (Å²) in [6.07, 6.45) is -0.989. The van der Waals surface area contributed by atoms with Crippen LogP contribution >= 0.6 is 0 Å². The Hall–Kier alpha value is -1.03. The van der Waals surface area contributed by atoms with E-state index in [0.29, 0.717) is 23.4 Å². The average Bonchev–Trinajstić information content (AvgIpc) is 2.36. The number of hydrogen-bond donors (Lipinski definition) is 1. The van der Waals surface area contributed by atoms with Crippen LogP contribution in [-0.4, -0.2) is 6.04 Å². The lowest BCUT2D eigenvalue weighted by Gasteiger charge is -2.34. The second-order valence-electron chi connectivity index (χ2n) is 6.59. The smallest absolute Gasteiger partial charge is 0.307 e. The lowest BCUT2D eigenvalue weighted by atomic mass is 9.80. The molecule has 1 aliphatic rings. The molecule has 0 radical (unpaired) electrons. The molecule has 4 heteroatoms. The van der Waals surface area contributed by atoms with E-state index in [1.54, 1.807) is 12.1 Å². The summed E-state index contributed by atoms with van der Waals surface area (Å²) in [7, 11) is 0. The fourth-order valence-corrected chi connectivity index (χ4v) is 3.66. The first-order valence-electron chi connectivity index (χ1n) is 7.69. The van der Waals surface area contributed by atoms with Crippen molar-refractivity contribution in [3.05, 3.63) is 35.4 Å². The maximum absolute atomic E-state index is 13.1. The van der Waals surface area contributed by atoms with Gasteiger partial charge in [-0.05, 0) is 49.7 Å². The second-order valence-corrected chi connectivity index (χ2v) is 6.59. The van der Waals surface area contributed by atoms with Crippen molar-refractivity contribution in [2.24, 2.45) is 11.8 Å². The number of hydrogen-bond acceptors (Lipinski definition) is 1. The summed E-state index contributed by atoms with van der Waals surface area (Å²) in [4.78, 5) is 0. The van der Waals surface area contributed by atoms with Gasteiger partial charge >= 0.3 is 6.18 Å². The molecule has 3 unspecified atom stereocenters. The fraction of sp³-hybridized carbons (Fsp3) is 0.647. The van der Waals surface area contributed by atoms with Gasteiger partial charge in [0.1, 0.15) is 0 Å². The highest BCUT2D eigenvalue weighted by Crippen LogP contribution is 2.35. The molecule has 1 aromatic rings. The minimum atomic E-state index is -4.29. The lowest BCUT2D eigenvalue weighted by Crippen LogP contribution is -2.38. The highest BCUT2D eigenvalue weighted by Gasteiger charge is 2.34. The molecular weight excluding hydrogens is 275 g/mol. The molecule has 1 saturated carbocycles. The van der Waals surface area contributed by atoms with Crippen molar-refractivity contribution in [1.29, 1.82) is 0 Å². The van der Waals surface area contributed by atoms with Gasteiger partial charge in [0, 0.05) is 12.1 Å². The van der Waals surface area contributed by atoms with Gasteiger partial charge in [0.15, 0.2) is 0 Å². The van der Waals surface area contributed by atoms with E-state index in [2.05, 4.69) is 19.2 Å². The van der Waals surface area contributed by atoms with Crippen LogP contribution in [-0.2, 0) is 6.18 Å². The van der Waals surface area contributed by atoms with E-state index >= 15 is 0 Å². The van der Waals surface area contributed by atoms with Crippen molar-refractivity contribution < 1.29 is 13.2 Å². The van der Waals surface area contributed by atoms with Crippen molar-refractivity contribution in [2.45, 2.75) is 58.3 Å². The zero-order valence-corrected chi connectivity index (χ0v) is 12.9. The molecule has 3 atom stereocenters. The number of alkyl halides is 3. The molecule has 1 nitrogen and oxygen atoms in total. The number of halogens is 3.